The number of hydrogen-bond donors (Lipinski definition) is 0. The van der Waals surface area contributed by atoms with Gasteiger partial charge in [0, 0.05) is 21.8 Å². The molecule has 0 N–H and O–H groups in total. The number of aldehydes is 1. The molecule has 5 heteroatoms. The van der Waals surface area contributed by atoms with E-state index in [4.69, 9.17) is 23.2 Å². The molecule has 1 heterocycles. The van der Waals surface area contributed by atoms with Crippen molar-refractivity contribution in [3.63, 3.8) is 0 Å². The molecule has 0 aliphatic heterocycles. The average Bonchev–Trinajstić information content (AvgIpc) is 2.27. The summed E-state index contributed by atoms with van der Waals surface area (Å²) in [6.07, 6.45) is 3.52. The van der Waals surface area contributed by atoms with E-state index in [-0.39, 0.29) is 0 Å². The first-order chi connectivity index (χ1) is 7.70. The Labute approximate surface area is 102 Å². The summed E-state index contributed by atoms with van der Waals surface area (Å²) in [5.74, 6) is 0. The first-order valence-electron chi connectivity index (χ1n) is 4.42. The first kappa shape index (κ1) is 11.0. The average molecular weight is 253 g/mol. The zero-order valence-electron chi connectivity index (χ0n) is 8.02. The van der Waals surface area contributed by atoms with Gasteiger partial charge in [0.05, 0.1) is 11.3 Å². The molecule has 0 aliphatic rings. The molecular formula is C11H6Cl2N2O. The molecule has 0 saturated carbocycles. The Morgan fingerprint density at radius 2 is 1.81 bits per heavy atom. The number of carbonyl (C=O) groups excluding carboxylic acids is 1. The van der Waals surface area contributed by atoms with Crippen LogP contribution in [0.4, 0.5) is 0 Å². The number of nitrogens with zero attached hydrogens (tertiary/aromatic N) is 2. The maximum atomic E-state index is 10.8. The number of carbonyl (C=O) groups is 1. The van der Waals surface area contributed by atoms with E-state index in [0.717, 1.165) is 0 Å². The van der Waals surface area contributed by atoms with E-state index < -0.39 is 0 Å². The highest BCUT2D eigenvalue weighted by molar-refractivity contribution is 6.35. The van der Waals surface area contributed by atoms with Gasteiger partial charge in [0.25, 0.3) is 0 Å². The highest BCUT2D eigenvalue weighted by Gasteiger charge is 2.07. The monoisotopic (exact) mass is 252 g/mol. The second-order valence-corrected chi connectivity index (χ2v) is 3.98. The molecule has 1 aromatic heterocycles. The lowest BCUT2D eigenvalue weighted by Gasteiger charge is -2.04. The molecule has 0 unspecified atom stereocenters. The Morgan fingerprint density at radius 3 is 2.44 bits per heavy atom. The topological polar surface area (TPSA) is 42.9 Å². The van der Waals surface area contributed by atoms with Gasteiger partial charge in [-0.25, -0.2) is 9.97 Å². The Hall–Kier alpha value is -1.45. The fourth-order valence-corrected chi connectivity index (χ4v) is 1.88. The standard InChI is InChI=1S/C11H6Cl2N2O/c12-9-1-7(2-10(13)3-9)11-8(5-16)4-14-6-15-11/h1-6H. The molecule has 2 rings (SSSR count). The van der Waals surface area contributed by atoms with Gasteiger partial charge in [-0.15, -0.1) is 0 Å². The van der Waals surface area contributed by atoms with Crippen molar-refractivity contribution in [2.75, 3.05) is 0 Å². The zero-order valence-corrected chi connectivity index (χ0v) is 9.53. The molecule has 0 radical (unpaired) electrons. The van der Waals surface area contributed by atoms with Crippen molar-refractivity contribution in [1.82, 2.24) is 9.97 Å². The molecule has 80 valence electrons. The van der Waals surface area contributed by atoms with E-state index in [1.807, 2.05) is 0 Å². The molecule has 0 atom stereocenters. The van der Waals surface area contributed by atoms with Crippen LogP contribution in [0.15, 0.2) is 30.7 Å². The van der Waals surface area contributed by atoms with Crippen LogP contribution in [0.2, 0.25) is 10.0 Å². The third-order valence-corrected chi connectivity index (χ3v) is 2.44. The van der Waals surface area contributed by atoms with Gasteiger partial charge in [0.15, 0.2) is 6.29 Å². The third kappa shape index (κ3) is 2.21. The molecule has 1 aromatic carbocycles. The van der Waals surface area contributed by atoms with Crippen LogP contribution in [-0.4, -0.2) is 16.3 Å². The van der Waals surface area contributed by atoms with Gasteiger partial charge in [0.2, 0.25) is 0 Å². The van der Waals surface area contributed by atoms with Crippen molar-refractivity contribution in [3.8, 4) is 11.3 Å². The first-order valence-corrected chi connectivity index (χ1v) is 5.18. The van der Waals surface area contributed by atoms with Crippen LogP contribution in [0.3, 0.4) is 0 Å². The van der Waals surface area contributed by atoms with Gasteiger partial charge < -0.3 is 0 Å². The Kier molecular flexibility index (Phi) is 3.17. The predicted molar refractivity (Wildman–Crippen MR) is 62.9 cm³/mol. The van der Waals surface area contributed by atoms with E-state index in [2.05, 4.69) is 9.97 Å². The van der Waals surface area contributed by atoms with E-state index in [1.165, 1.54) is 12.5 Å². The summed E-state index contributed by atoms with van der Waals surface area (Å²) in [4.78, 5) is 18.6. The van der Waals surface area contributed by atoms with E-state index in [9.17, 15) is 4.79 Å². The fourth-order valence-electron chi connectivity index (χ4n) is 1.36. The van der Waals surface area contributed by atoms with Crippen molar-refractivity contribution >= 4 is 29.5 Å². The minimum atomic E-state index is 0.404. The minimum absolute atomic E-state index is 0.404. The highest BCUT2D eigenvalue weighted by atomic mass is 35.5. The number of rotatable bonds is 2. The van der Waals surface area contributed by atoms with Crippen molar-refractivity contribution in [2.45, 2.75) is 0 Å². The molecule has 0 saturated heterocycles. The molecule has 0 aliphatic carbocycles. The van der Waals surface area contributed by atoms with Gasteiger partial charge in [0.1, 0.15) is 6.33 Å². The molecule has 16 heavy (non-hydrogen) atoms. The highest BCUT2D eigenvalue weighted by Crippen LogP contribution is 2.27. The summed E-state index contributed by atoms with van der Waals surface area (Å²) in [5.41, 5.74) is 1.62. The van der Waals surface area contributed by atoms with E-state index in [0.29, 0.717) is 33.2 Å². The largest absolute Gasteiger partial charge is 0.298 e. The normalized spacial score (nSPS) is 10.1. The second kappa shape index (κ2) is 4.60. The van der Waals surface area contributed by atoms with Crippen molar-refractivity contribution in [2.24, 2.45) is 0 Å². The van der Waals surface area contributed by atoms with Crippen LogP contribution in [0.1, 0.15) is 10.4 Å². The van der Waals surface area contributed by atoms with Crippen molar-refractivity contribution < 1.29 is 4.79 Å². The van der Waals surface area contributed by atoms with Crippen LogP contribution < -0.4 is 0 Å². The molecule has 3 nitrogen and oxygen atoms in total. The Balaban J connectivity index is 2.62. The van der Waals surface area contributed by atoms with Crippen LogP contribution in [0.5, 0.6) is 0 Å². The van der Waals surface area contributed by atoms with Crippen molar-refractivity contribution in [3.05, 3.63) is 46.3 Å². The van der Waals surface area contributed by atoms with Crippen LogP contribution in [0.25, 0.3) is 11.3 Å². The maximum absolute atomic E-state index is 10.8. The number of hydrogen-bond acceptors (Lipinski definition) is 3. The minimum Gasteiger partial charge on any atom is -0.298 e. The van der Waals surface area contributed by atoms with Crippen LogP contribution in [0, 0.1) is 0 Å². The Morgan fingerprint density at radius 1 is 1.12 bits per heavy atom. The number of halogens is 2. The van der Waals surface area contributed by atoms with Gasteiger partial charge >= 0.3 is 0 Å². The molecule has 0 amide bonds. The van der Waals surface area contributed by atoms with Crippen LogP contribution in [-0.2, 0) is 0 Å². The summed E-state index contributed by atoms with van der Waals surface area (Å²) in [7, 11) is 0. The summed E-state index contributed by atoms with van der Waals surface area (Å²) in [6, 6.07) is 5.01. The van der Waals surface area contributed by atoms with Gasteiger partial charge in [-0.2, -0.15) is 0 Å². The number of benzene rings is 1. The van der Waals surface area contributed by atoms with E-state index >= 15 is 0 Å². The van der Waals surface area contributed by atoms with Gasteiger partial charge in [-0.3, -0.25) is 4.79 Å². The summed E-state index contributed by atoms with van der Waals surface area (Å²) in [6.45, 7) is 0. The third-order valence-electron chi connectivity index (χ3n) is 2.00. The molecular weight excluding hydrogens is 247 g/mol. The lowest BCUT2D eigenvalue weighted by Crippen LogP contribution is -1.92. The van der Waals surface area contributed by atoms with Crippen LogP contribution >= 0.6 is 23.2 Å². The van der Waals surface area contributed by atoms with E-state index in [1.54, 1.807) is 18.2 Å². The Bertz CT molecular complexity index is 523. The quantitative estimate of drug-likeness (QED) is 0.771. The maximum Gasteiger partial charge on any atom is 0.153 e. The predicted octanol–water partition coefficient (Wildman–Crippen LogP) is 3.26. The summed E-state index contributed by atoms with van der Waals surface area (Å²) >= 11 is 11.8. The molecule has 0 spiro atoms. The second-order valence-electron chi connectivity index (χ2n) is 3.10. The lowest BCUT2D eigenvalue weighted by atomic mass is 10.1. The van der Waals surface area contributed by atoms with Gasteiger partial charge in [-0.05, 0) is 18.2 Å². The fraction of sp³-hybridized carbons (Fsp3) is 0. The lowest BCUT2D eigenvalue weighted by molar-refractivity contribution is 0.112. The molecule has 0 fully saturated rings. The summed E-state index contributed by atoms with van der Waals surface area (Å²) < 4.78 is 0. The SMILES string of the molecule is O=Cc1cncnc1-c1cc(Cl)cc(Cl)c1. The summed E-state index contributed by atoms with van der Waals surface area (Å²) in [5, 5.41) is 0.996. The number of aromatic nitrogens is 2. The molecule has 0 bridgehead atoms. The zero-order chi connectivity index (χ0) is 11.5. The van der Waals surface area contributed by atoms with Crippen molar-refractivity contribution in [1.29, 1.82) is 0 Å². The van der Waals surface area contributed by atoms with Gasteiger partial charge in [-0.1, -0.05) is 23.2 Å². The molecule has 2 aromatic rings. The smallest absolute Gasteiger partial charge is 0.153 e.